The van der Waals surface area contributed by atoms with Crippen molar-refractivity contribution in [3.05, 3.63) is 51.6 Å². The van der Waals surface area contributed by atoms with E-state index >= 15 is 0 Å². The van der Waals surface area contributed by atoms with Crippen molar-refractivity contribution in [1.29, 1.82) is 0 Å². The van der Waals surface area contributed by atoms with Crippen LogP contribution in [0.15, 0.2) is 18.2 Å². The van der Waals surface area contributed by atoms with Crippen LogP contribution in [-0.4, -0.2) is 75.0 Å². The van der Waals surface area contributed by atoms with Crippen LogP contribution in [0.25, 0.3) is 0 Å². The van der Waals surface area contributed by atoms with E-state index in [-0.39, 0.29) is 59.7 Å². The van der Waals surface area contributed by atoms with Crippen molar-refractivity contribution < 1.29 is 49.0 Å². The van der Waals surface area contributed by atoms with Crippen LogP contribution < -0.4 is 10.5 Å². The molecule has 11 nitrogen and oxygen atoms in total. The summed E-state index contributed by atoms with van der Waals surface area (Å²) in [6.45, 7) is 3.19. The minimum Gasteiger partial charge on any atom is -0.507 e. The van der Waals surface area contributed by atoms with Crippen LogP contribution in [0.2, 0.25) is 0 Å². The van der Waals surface area contributed by atoms with Gasteiger partial charge in [-0.1, -0.05) is 19.1 Å². The first kappa shape index (κ1) is 29.9. The number of nitrogens with two attached hydrogens (primary N) is 1. The monoisotopic (exact) mass is 577 g/mol. The van der Waals surface area contributed by atoms with E-state index in [1.807, 2.05) is 0 Å². The van der Waals surface area contributed by atoms with Crippen LogP contribution >= 0.6 is 12.4 Å². The van der Waals surface area contributed by atoms with Gasteiger partial charge in [-0.15, -0.1) is 12.4 Å². The van der Waals surface area contributed by atoms with E-state index in [1.165, 1.54) is 25.3 Å². The third-order valence-corrected chi connectivity index (χ3v) is 7.98. The number of carbonyl (C=O) groups excluding carboxylic acids is 3. The summed E-state index contributed by atoms with van der Waals surface area (Å²) < 4.78 is 17.1. The molecule has 6 N–H and O–H groups in total. The number of phenolic OH excluding ortho intramolecular Hbond substituents is 2. The quantitative estimate of drug-likeness (QED) is 0.278. The van der Waals surface area contributed by atoms with Gasteiger partial charge in [0.2, 0.25) is 5.78 Å². The molecule has 6 atom stereocenters. The smallest absolute Gasteiger partial charge is 0.202 e. The fraction of sp³-hybridized carbons (Fsp3) is 0.464. The molecule has 0 radical (unpaired) electrons. The molecular formula is C28H32ClNO10. The summed E-state index contributed by atoms with van der Waals surface area (Å²) >= 11 is 0. The summed E-state index contributed by atoms with van der Waals surface area (Å²) in [4.78, 5) is 40.1. The molecule has 1 heterocycles. The van der Waals surface area contributed by atoms with E-state index in [9.17, 15) is 34.8 Å². The number of benzene rings is 2. The van der Waals surface area contributed by atoms with Gasteiger partial charge in [-0.05, 0) is 13.0 Å². The molecule has 0 spiro atoms. The summed E-state index contributed by atoms with van der Waals surface area (Å²) in [7, 11) is 1.34. The first-order chi connectivity index (χ1) is 18.4. The second-order valence-electron chi connectivity index (χ2n) is 10.4. The van der Waals surface area contributed by atoms with E-state index in [1.54, 1.807) is 13.8 Å². The average Bonchev–Trinajstić information content (AvgIpc) is 2.90. The van der Waals surface area contributed by atoms with Gasteiger partial charge in [0.25, 0.3) is 0 Å². The molecule has 0 aromatic heterocycles. The average molecular weight is 578 g/mol. The molecule has 1 saturated heterocycles. The van der Waals surface area contributed by atoms with Crippen molar-refractivity contribution in [2.45, 2.75) is 75.8 Å². The van der Waals surface area contributed by atoms with Gasteiger partial charge in [0.1, 0.15) is 22.8 Å². The van der Waals surface area contributed by atoms with E-state index in [0.29, 0.717) is 0 Å². The SMILES string of the molecule is CCC(=O)C1(O)Cc2c(O)c3c(c(O)c2[C@@H](O[C@H]2CC(N)[C@H](O)C(C)O2)C1)C(=O)c1c(OC)cccc1C3=O.Cl. The van der Waals surface area contributed by atoms with Crippen molar-refractivity contribution in [3.63, 3.8) is 0 Å². The van der Waals surface area contributed by atoms with Crippen LogP contribution in [0, 0.1) is 0 Å². The van der Waals surface area contributed by atoms with Crippen LogP contribution in [0.5, 0.6) is 17.2 Å². The van der Waals surface area contributed by atoms with Crippen LogP contribution in [-0.2, 0) is 20.7 Å². The van der Waals surface area contributed by atoms with Gasteiger partial charge in [-0.3, -0.25) is 14.4 Å². The molecule has 2 aromatic carbocycles. The highest BCUT2D eigenvalue weighted by atomic mass is 35.5. The van der Waals surface area contributed by atoms with Crippen molar-refractivity contribution in [3.8, 4) is 17.2 Å². The number of methoxy groups -OCH3 is 1. The van der Waals surface area contributed by atoms with E-state index in [0.717, 1.165) is 0 Å². The number of hydrogen-bond donors (Lipinski definition) is 5. The second kappa shape index (κ2) is 10.7. The Morgan fingerprint density at radius 2 is 1.82 bits per heavy atom. The summed E-state index contributed by atoms with van der Waals surface area (Å²) in [5.41, 5.74) is 3.03. The zero-order valence-electron chi connectivity index (χ0n) is 22.2. The van der Waals surface area contributed by atoms with E-state index in [2.05, 4.69) is 0 Å². The van der Waals surface area contributed by atoms with Gasteiger partial charge in [-0.25, -0.2) is 0 Å². The lowest BCUT2D eigenvalue weighted by atomic mass is 9.71. The zero-order valence-corrected chi connectivity index (χ0v) is 23.0. The van der Waals surface area contributed by atoms with Crippen molar-refractivity contribution >= 4 is 29.8 Å². The van der Waals surface area contributed by atoms with Gasteiger partial charge in [0.05, 0.1) is 42.1 Å². The molecule has 3 unspecified atom stereocenters. The van der Waals surface area contributed by atoms with E-state index < -0.39 is 82.6 Å². The maximum atomic E-state index is 13.7. The summed E-state index contributed by atoms with van der Waals surface area (Å²) in [6.07, 6.45) is -4.53. The lowest BCUT2D eigenvalue weighted by Gasteiger charge is -2.42. The van der Waals surface area contributed by atoms with E-state index in [4.69, 9.17) is 19.9 Å². The number of aromatic hydroxyl groups is 2. The van der Waals surface area contributed by atoms with Crippen molar-refractivity contribution in [2.24, 2.45) is 5.73 Å². The maximum Gasteiger partial charge on any atom is 0.202 e. The van der Waals surface area contributed by atoms with Crippen LogP contribution in [0.1, 0.15) is 82.2 Å². The second-order valence-corrected chi connectivity index (χ2v) is 10.4. The zero-order chi connectivity index (χ0) is 28.4. The number of phenols is 2. The number of Topliss-reactive ketones (excluding diaryl/α,β-unsaturated/α-hetero) is 1. The molecule has 1 aliphatic heterocycles. The molecule has 2 aromatic rings. The minimum absolute atomic E-state index is 0. The van der Waals surface area contributed by atoms with Gasteiger partial charge in [-0.2, -0.15) is 0 Å². The molecule has 1 fully saturated rings. The Kier molecular flexibility index (Phi) is 8.03. The molecule has 0 bridgehead atoms. The number of aliphatic hydroxyl groups excluding tert-OH is 1. The predicted molar refractivity (Wildman–Crippen MR) is 142 cm³/mol. The fourth-order valence-corrected chi connectivity index (χ4v) is 5.93. The Morgan fingerprint density at radius 1 is 1.15 bits per heavy atom. The molecule has 3 aliphatic rings. The lowest BCUT2D eigenvalue weighted by Crippen LogP contribution is -2.52. The largest absolute Gasteiger partial charge is 0.507 e. The number of aliphatic hydroxyl groups is 2. The molecule has 5 rings (SSSR count). The number of rotatable bonds is 5. The van der Waals surface area contributed by atoms with Crippen molar-refractivity contribution in [2.75, 3.05) is 7.11 Å². The Hall–Kier alpha value is -3.06. The highest BCUT2D eigenvalue weighted by Crippen LogP contribution is 2.52. The Bertz CT molecular complexity index is 1380. The minimum atomic E-state index is -1.99. The first-order valence-corrected chi connectivity index (χ1v) is 12.8. The molecule has 40 heavy (non-hydrogen) atoms. The highest BCUT2D eigenvalue weighted by molar-refractivity contribution is 6.31. The third kappa shape index (κ3) is 4.47. The highest BCUT2D eigenvalue weighted by Gasteiger charge is 2.49. The third-order valence-electron chi connectivity index (χ3n) is 7.98. The topological polar surface area (TPSA) is 186 Å². The molecule has 12 heteroatoms. The van der Waals surface area contributed by atoms with Gasteiger partial charge in [0.15, 0.2) is 17.9 Å². The first-order valence-electron chi connectivity index (χ1n) is 12.8. The summed E-state index contributed by atoms with van der Waals surface area (Å²) in [5, 5.41) is 44.5. The maximum absolute atomic E-state index is 13.7. The fourth-order valence-electron chi connectivity index (χ4n) is 5.93. The van der Waals surface area contributed by atoms with Gasteiger partial charge >= 0.3 is 0 Å². The molecule has 0 saturated carbocycles. The summed E-state index contributed by atoms with van der Waals surface area (Å²) in [6, 6.07) is 3.76. The number of ketones is 3. The molecule has 2 aliphatic carbocycles. The number of ether oxygens (including phenoxy) is 3. The standard InChI is InChI=1S/C28H31NO10.ClH/c1-4-17(30)28(36)9-13-20(16(10-28)39-18-8-14(29)23(31)11(2)38-18)27(35)22-21(25(13)33)24(32)12-6-5-7-15(37-3)19(12)26(22)34;/h5-7,11,14,16,18,23,31,33,35-36H,4,8-10,29H2,1-3H3;1H/t11?,14?,16-,18-,23+,28?;/m0./s1. The summed E-state index contributed by atoms with van der Waals surface area (Å²) in [5.74, 6) is -3.07. The number of hydrogen-bond acceptors (Lipinski definition) is 11. The molecular weight excluding hydrogens is 546 g/mol. The van der Waals surface area contributed by atoms with Gasteiger partial charge < -0.3 is 40.4 Å². The number of carbonyl (C=O) groups is 3. The number of halogens is 1. The van der Waals surface area contributed by atoms with Crippen molar-refractivity contribution in [1.82, 2.24) is 0 Å². The molecule has 0 amide bonds. The lowest BCUT2D eigenvalue weighted by molar-refractivity contribution is -0.247. The number of fused-ring (bicyclic) bond motifs is 3. The molecule has 216 valence electrons. The van der Waals surface area contributed by atoms with Crippen LogP contribution in [0.3, 0.4) is 0 Å². The Balaban J connectivity index is 0.00000370. The normalized spacial score (nSPS) is 29.1. The Morgan fingerprint density at radius 3 is 2.45 bits per heavy atom. The van der Waals surface area contributed by atoms with Gasteiger partial charge in [0, 0.05) is 48.4 Å². The predicted octanol–water partition coefficient (Wildman–Crippen LogP) is 1.84. The Labute approximate surface area is 236 Å². The van der Waals surface area contributed by atoms with Crippen LogP contribution in [0.4, 0.5) is 0 Å².